The van der Waals surface area contributed by atoms with E-state index in [2.05, 4.69) is 24.0 Å². The third kappa shape index (κ3) is 3.63. The Morgan fingerprint density at radius 2 is 1.82 bits per heavy atom. The van der Waals surface area contributed by atoms with E-state index < -0.39 is 5.54 Å². The summed E-state index contributed by atoms with van der Waals surface area (Å²) in [5.41, 5.74) is 9.55. The fraction of sp³-hybridized carbons (Fsp3) is 0.444. The summed E-state index contributed by atoms with van der Waals surface area (Å²) in [6.45, 7) is 10.1. The van der Waals surface area contributed by atoms with Gasteiger partial charge in [0, 0.05) is 29.8 Å². The van der Waals surface area contributed by atoms with Gasteiger partial charge in [-0.05, 0) is 45.7 Å². The van der Waals surface area contributed by atoms with Crippen molar-refractivity contribution in [3.63, 3.8) is 0 Å². The van der Waals surface area contributed by atoms with Crippen LogP contribution in [-0.4, -0.2) is 15.1 Å². The van der Waals surface area contributed by atoms with Gasteiger partial charge in [0.15, 0.2) is 0 Å². The summed E-state index contributed by atoms with van der Waals surface area (Å²) in [6, 6.07) is 8.13. The van der Waals surface area contributed by atoms with E-state index in [9.17, 15) is 4.79 Å². The summed E-state index contributed by atoms with van der Waals surface area (Å²) in [5, 5.41) is 0. The van der Waals surface area contributed by atoms with Crippen molar-refractivity contribution in [3.8, 4) is 0 Å². The smallest absolute Gasteiger partial charge is 0.257 e. The van der Waals surface area contributed by atoms with Gasteiger partial charge in [-0.1, -0.05) is 24.3 Å². The minimum atomic E-state index is -0.453. The highest BCUT2D eigenvalue weighted by atomic mass is 16.1. The summed E-state index contributed by atoms with van der Waals surface area (Å²) < 4.78 is 1.70. The van der Waals surface area contributed by atoms with Gasteiger partial charge in [-0.25, -0.2) is 4.98 Å². The minimum Gasteiger partial charge on any atom is -0.324 e. The maximum atomic E-state index is 12.9. The van der Waals surface area contributed by atoms with Gasteiger partial charge < -0.3 is 5.73 Å². The lowest BCUT2D eigenvalue weighted by Crippen LogP contribution is -2.42. The van der Waals surface area contributed by atoms with Crippen LogP contribution in [0.3, 0.4) is 0 Å². The molecule has 0 saturated heterocycles. The lowest BCUT2D eigenvalue weighted by Gasteiger charge is -2.22. The predicted octanol–water partition coefficient (Wildman–Crippen LogP) is 2.50. The average molecular weight is 299 g/mol. The highest BCUT2D eigenvalue weighted by Crippen LogP contribution is 2.14. The highest BCUT2D eigenvalue weighted by Gasteiger charge is 2.18. The number of nitrogens with two attached hydrogens (primary N) is 1. The average Bonchev–Trinajstić information content (AvgIpc) is 2.40. The molecule has 4 heteroatoms. The second-order valence-electron chi connectivity index (χ2n) is 6.71. The van der Waals surface area contributed by atoms with Gasteiger partial charge in [0.25, 0.3) is 5.56 Å². The minimum absolute atomic E-state index is 0.0202. The molecule has 1 heterocycles. The highest BCUT2D eigenvalue weighted by molar-refractivity contribution is 5.32. The maximum Gasteiger partial charge on any atom is 0.257 e. The van der Waals surface area contributed by atoms with Gasteiger partial charge in [-0.2, -0.15) is 0 Å². The van der Waals surface area contributed by atoms with Crippen LogP contribution in [0.5, 0.6) is 0 Å². The van der Waals surface area contributed by atoms with Crippen LogP contribution in [0.2, 0.25) is 0 Å². The lowest BCUT2D eigenvalue weighted by atomic mass is 10.00. The second kappa shape index (κ2) is 6.05. The fourth-order valence-electron chi connectivity index (χ4n) is 2.63. The van der Waals surface area contributed by atoms with Crippen LogP contribution >= 0.6 is 0 Å². The van der Waals surface area contributed by atoms with Gasteiger partial charge in [-0.15, -0.1) is 0 Å². The molecule has 0 radical (unpaired) electrons. The Labute approximate surface area is 132 Å². The first-order valence-electron chi connectivity index (χ1n) is 7.59. The summed E-state index contributed by atoms with van der Waals surface area (Å²) in [7, 11) is 0. The molecule has 22 heavy (non-hydrogen) atoms. The first kappa shape index (κ1) is 16.4. The fourth-order valence-corrected chi connectivity index (χ4v) is 2.63. The zero-order chi connectivity index (χ0) is 16.5. The number of nitrogens with zero attached hydrogens (tertiary/aromatic N) is 2. The Bertz CT molecular complexity index is 739. The molecule has 4 nitrogen and oxygen atoms in total. The first-order chi connectivity index (χ1) is 10.2. The van der Waals surface area contributed by atoms with E-state index in [0.29, 0.717) is 13.0 Å². The molecule has 1 aromatic heterocycles. The monoisotopic (exact) mass is 299 g/mol. The number of hydrogen-bond acceptors (Lipinski definition) is 3. The summed E-state index contributed by atoms with van der Waals surface area (Å²) in [5.74, 6) is 0.717. The number of rotatable bonds is 4. The van der Waals surface area contributed by atoms with E-state index in [0.717, 1.165) is 22.6 Å². The summed E-state index contributed by atoms with van der Waals surface area (Å²) >= 11 is 0. The molecule has 0 saturated carbocycles. The first-order valence-corrected chi connectivity index (χ1v) is 7.59. The molecule has 1 aromatic carbocycles. The van der Waals surface area contributed by atoms with E-state index in [4.69, 9.17) is 5.73 Å². The number of hydrogen-bond donors (Lipinski definition) is 1. The molecule has 2 rings (SSSR count). The Morgan fingerprint density at radius 3 is 2.41 bits per heavy atom. The van der Waals surface area contributed by atoms with Crippen LogP contribution in [0.25, 0.3) is 0 Å². The van der Waals surface area contributed by atoms with Gasteiger partial charge in [-0.3, -0.25) is 9.36 Å². The second-order valence-corrected chi connectivity index (χ2v) is 6.71. The van der Waals surface area contributed by atoms with Gasteiger partial charge in [0.2, 0.25) is 0 Å². The van der Waals surface area contributed by atoms with E-state index in [1.165, 1.54) is 5.56 Å². The summed E-state index contributed by atoms with van der Waals surface area (Å²) in [4.78, 5) is 17.4. The molecular weight excluding hydrogens is 274 g/mol. The van der Waals surface area contributed by atoms with E-state index in [1.54, 1.807) is 4.57 Å². The van der Waals surface area contributed by atoms with Crippen molar-refractivity contribution in [1.29, 1.82) is 0 Å². The van der Waals surface area contributed by atoms with Gasteiger partial charge in [0.1, 0.15) is 5.82 Å². The molecule has 0 aliphatic heterocycles. The summed E-state index contributed by atoms with van der Waals surface area (Å²) in [6.07, 6.45) is 0.607. The third-order valence-corrected chi connectivity index (χ3v) is 3.85. The van der Waals surface area contributed by atoms with E-state index in [1.807, 2.05) is 39.8 Å². The number of benzene rings is 1. The zero-order valence-electron chi connectivity index (χ0n) is 14.1. The molecule has 0 fully saturated rings. The van der Waals surface area contributed by atoms with Gasteiger partial charge >= 0.3 is 0 Å². The molecule has 2 aromatic rings. The molecule has 0 bridgehead atoms. The Morgan fingerprint density at radius 1 is 1.18 bits per heavy atom. The quantitative estimate of drug-likeness (QED) is 0.943. The topological polar surface area (TPSA) is 60.9 Å². The Kier molecular flexibility index (Phi) is 4.52. The van der Waals surface area contributed by atoms with Crippen molar-refractivity contribution < 1.29 is 0 Å². The molecule has 0 aliphatic rings. The molecule has 0 atom stereocenters. The van der Waals surface area contributed by atoms with Crippen LogP contribution in [0.1, 0.15) is 42.1 Å². The van der Waals surface area contributed by atoms with E-state index in [-0.39, 0.29) is 5.56 Å². The SMILES string of the molecule is Cc1ccccc1Cc1c(C)nc(C)n(CC(C)(C)N)c1=O. The maximum absolute atomic E-state index is 12.9. The van der Waals surface area contributed by atoms with E-state index >= 15 is 0 Å². The third-order valence-electron chi connectivity index (χ3n) is 3.85. The zero-order valence-corrected chi connectivity index (χ0v) is 14.1. The van der Waals surface area contributed by atoms with Crippen molar-refractivity contribution in [2.45, 2.75) is 53.1 Å². The predicted molar refractivity (Wildman–Crippen MR) is 90.2 cm³/mol. The Hall–Kier alpha value is -1.94. The van der Waals surface area contributed by atoms with Crippen molar-refractivity contribution in [3.05, 3.63) is 62.8 Å². The largest absolute Gasteiger partial charge is 0.324 e. The lowest BCUT2D eigenvalue weighted by molar-refractivity contribution is 0.414. The van der Waals surface area contributed by atoms with Crippen molar-refractivity contribution >= 4 is 0 Å². The van der Waals surface area contributed by atoms with Crippen LogP contribution in [0.4, 0.5) is 0 Å². The van der Waals surface area contributed by atoms with Crippen LogP contribution in [0.15, 0.2) is 29.1 Å². The van der Waals surface area contributed by atoms with Gasteiger partial charge in [0.05, 0.1) is 0 Å². The molecule has 0 unspecified atom stereocenters. The van der Waals surface area contributed by atoms with Crippen LogP contribution in [0, 0.1) is 20.8 Å². The number of aromatic nitrogens is 2. The van der Waals surface area contributed by atoms with Crippen molar-refractivity contribution in [2.24, 2.45) is 5.73 Å². The van der Waals surface area contributed by atoms with Crippen LogP contribution < -0.4 is 11.3 Å². The normalized spacial score (nSPS) is 11.7. The molecular formula is C18H25N3O. The standard InChI is InChI=1S/C18H25N3O/c1-12-8-6-7-9-15(12)10-16-13(2)20-14(3)21(17(16)22)11-18(4,5)19/h6-9H,10-11,19H2,1-5H3. The molecule has 2 N–H and O–H groups in total. The molecule has 0 amide bonds. The van der Waals surface area contributed by atoms with Crippen LogP contribution in [-0.2, 0) is 13.0 Å². The number of aryl methyl sites for hydroxylation is 3. The van der Waals surface area contributed by atoms with Crippen molar-refractivity contribution in [2.75, 3.05) is 0 Å². The molecule has 0 spiro atoms. The van der Waals surface area contributed by atoms with Crippen molar-refractivity contribution in [1.82, 2.24) is 9.55 Å². The molecule has 0 aliphatic carbocycles. The Balaban J connectivity index is 2.51. The molecule has 118 valence electrons.